The third kappa shape index (κ3) is 3.52. The molecule has 2 atom stereocenters. The molecule has 2 rings (SSSR count). The highest BCUT2D eigenvalue weighted by Crippen LogP contribution is 2.33. The minimum Gasteiger partial charge on any atom is -0.317 e. The molecule has 0 amide bonds. The molecule has 0 radical (unpaired) electrons. The summed E-state index contributed by atoms with van der Waals surface area (Å²) in [6.07, 6.45) is -2.32. The average molecular weight is 286 g/mol. The number of piperidine rings is 1. The van der Waals surface area contributed by atoms with Crippen molar-refractivity contribution < 1.29 is 13.2 Å². The Kier molecular flexibility index (Phi) is 4.70. The molecule has 20 heavy (non-hydrogen) atoms. The summed E-state index contributed by atoms with van der Waals surface area (Å²) in [7, 11) is 1.94. The summed E-state index contributed by atoms with van der Waals surface area (Å²) in [6, 6.07) is 6.64. The molecule has 5 heteroatoms. The van der Waals surface area contributed by atoms with Gasteiger partial charge >= 0.3 is 6.18 Å². The minimum absolute atomic E-state index is 0.294. The Morgan fingerprint density at radius 3 is 2.60 bits per heavy atom. The molecule has 1 fully saturated rings. The van der Waals surface area contributed by atoms with Gasteiger partial charge in [0.1, 0.15) is 0 Å². The number of rotatable bonds is 3. The van der Waals surface area contributed by atoms with Gasteiger partial charge in [0.2, 0.25) is 0 Å². The summed E-state index contributed by atoms with van der Waals surface area (Å²) >= 11 is 0. The van der Waals surface area contributed by atoms with Crippen molar-refractivity contribution in [2.45, 2.75) is 44.6 Å². The lowest BCUT2D eigenvalue weighted by Gasteiger charge is -2.38. The SMILES string of the molecule is CNC1CCN(Cc2ccccc2C(F)(F)F)C(C)C1. The summed E-state index contributed by atoms with van der Waals surface area (Å²) in [4.78, 5) is 2.14. The first-order valence-corrected chi connectivity index (χ1v) is 6.98. The van der Waals surface area contributed by atoms with E-state index < -0.39 is 11.7 Å². The second kappa shape index (κ2) is 6.14. The number of nitrogens with zero attached hydrogens (tertiary/aromatic N) is 1. The van der Waals surface area contributed by atoms with E-state index >= 15 is 0 Å². The summed E-state index contributed by atoms with van der Waals surface area (Å²) in [5.74, 6) is 0. The number of nitrogens with one attached hydrogen (secondary N) is 1. The minimum atomic E-state index is -4.27. The van der Waals surface area contributed by atoms with Gasteiger partial charge in [-0.15, -0.1) is 0 Å². The number of hydrogen-bond acceptors (Lipinski definition) is 2. The molecule has 0 bridgehead atoms. The van der Waals surface area contributed by atoms with Gasteiger partial charge in [0.15, 0.2) is 0 Å². The van der Waals surface area contributed by atoms with Crippen LogP contribution in [0.25, 0.3) is 0 Å². The predicted molar refractivity (Wildman–Crippen MR) is 73.4 cm³/mol. The van der Waals surface area contributed by atoms with E-state index in [1.165, 1.54) is 12.1 Å². The van der Waals surface area contributed by atoms with E-state index in [9.17, 15) is 13.2 Å². The Hall–Kier alpha value is -1.07. The van der Waals surface area contributed by atoms with Gasteiger partial charge in [0.25, 0.3) is 0 Å². The van der Waals surface area contributed by atoms with Gasteiger partial charge in [-0.3, -0.25) is 4.90 Å². The van der Waals surface area contributed by atoms with Crippen LogP contribution in [-0.2, 0) is 12.7 Å². The zero-order chi connectivity index (χ0) is 14.8. The van der Waals surface area contributed by atoms with Crippen LogP contribution in [0.3, 0.4) is 0 Å². The molecule has 112 valence electrons. The highest BCUT2D eigenvalue weighted by Gasteiger charge is 2.34. The summed E-state index contributed by atoms with van der Waals surface area (Å²) < 4.78 is 39.0. The first-order valence-electron chi connectivity index (χ1n) is 6.98. The van der Waals surface area contributed by atoms with Gasteiger partial charge in [0, 0.05) is 25.2 Å². The topological polar surface area (TPSA) is 15.3 Å². The van der Waals surface area contributed by atoms with Crippen molar-refractivity contribution in [1.82, 2.24) is 10.2 Å². The van der Waals surface area contributed by atoms with Crippen LogP contribution in [0, 0.1) is 0 Å². The van der Waals surface area contributed by atoms with E-state index in [1.807, 2.05) is 7.05 Å². The van der Waals surface area contributed by atoms with E-state index in [4.69, 9.17) is 0 Å². The van der Waals surface area contributed by atoms with Crippen LogP contribution in [0.4, 0.5) is 13.2 Å². The fourth-order valence-electron chi connectivity index (χ4n) is 2.87. The molecule has 0 aromatic heterocycles. The van der Waals surface area contributed by atoms with E-state index in [0.29, 0.717) is 24.2 Å². The molecule has 1 N–H and O–H groups in total. The number of benzene rings is 1. The maximum atomic E-state index is 13.0. The van der Waals surface area contributed by atoms with Crippen LogP contribution in [0.15, 0.2) is 24.3 Å². The van der Waals surface area contributed by atoms with Crippen LogP contribution < -0.4 is 5.32 Å². The van der Waals surface area contributed by atoms with E-state index in [1.54, 1.807) is 12.1 Å². The fraction of sp³-hybridized carbons (Fsp3) is 0.600. The number of likely N-dealkylation sites (tertiary alicyclic amines) is 1. The van der Waals surface area contributed by atoms with E-state index in [0.717, 1.165) is 19.4 Å². The van der Waals surface area contributed by atoms with Crippen molar-refractivity contribution in [3.63, 3.8) is 0 Å². The third-order valence-electron chi connectivity index (χ3n) is 4.12. The Labute approximate surface area is 118 Å². The van der Waals surface area contributed by atoms with Gasteiger partial charge in [-0.05, 0) is 38.4 Å². The fourth-order valence-corrected chi connectivity index (χ4v) is 2.87. The van der Waals surface area contributed by atoms with Crippen LogP contribution in [-0.4, -0.2) is 30.6 Å². The quantitative estimate of drug-likeness (QED) is 0.917. The van der Waals surface area contributed by atoms with E-state index in [-0.39, 0.29) is 0 Å². The van der Waals surface area contributed by atoms with Crippen molar-refractivity contribution in [3.05, 3.63) is 35.4 Å². The van der Waals surface area contributed by atoms with Gasteiger partial charge in [0.05, 0.1) is 5.56 Å². The van der Waals surface area contributed by atoms with Gasteiger partial charge in [-0.2, -0.15) is 13.2 Å². The lowest BCUT2D eigenvalue weighted by atomic mass is 9.97. The Morgan fingerprint density at radius 1 is 1.30 bits per heavy atom. The maximum Gasteiger partial charge on any atom is 0.416 e. The van der Waals surface area contributed by atoms with Crippen molar-refractivity contribution in [2.75, 3.05) is 13.6 Å². The molecular formula is C15H21F3N2. The first-order chi connectivity index (χ1) is 9.41. The molecule has 1 aliphatic heterocycles. The Bertz CT molecular complexity index is 445. The maximum absolute atomic E-state index is 13.0. The smallest absolute Gasteiger partial charge is 0.317 e. The summed E-state index contributed by atoms with van der Waals surface area (Å²) in [6.45, 7) is 3.28. The highest BCUT2D eigenvalue weighted by molar-refractivity contribution is 5.29. The molecule has 1 aliphatic rings. The molecule has 1 aromatic rings. The van der Waals surface area contributed by atoms with Crippen molar-refractivity contribution in [2.24, 2.45) is 0 Å². The largest absolute Gasteiger partial charge is 0.416 e. The van der Waals surface area contributed by atoms with Gasteiger partial charge < -0.3 is 5.32 Å². The second-order valence-electron chi connectivity index (χ2n) is 5.48. The average Bonchev–Trinajstić information content (AvgIpc) is 2.40. The summed E-state index contributed by atoms with van der Waals surface area (Å²) in [5, 5.41) is 3.25. The Balaban J connectivity index is 2.11. The number of alkyl halides is 3. The monoisotopic (exact) mass is 286 g/mol. The van der Waals surface area contributed by atoms with Crippen LogP contribution in [0.2, 0.25) is 0 Å². The first kappa shape index (κ1) is 15.3. The van der Waals surface area contributed by atoms with Crippen molar-refractivity contribution >= 4 is 0 Å². The predicted octanol–water partition coefficient (Wildman–Crippen LogP) is 3.28. The lowest BCUT2D eigenvalue weighted by Crippen LogP contribution is -2.46. The molecule has 0 spiro atoms. The van der Waals surface area contributed by atoms with Crippen molar-refractivity contribution in [1.29, 1.82) is 0 Å². The number of hydrogen-bond donors (Lipinski definition) is 1. The van der Waals surface area contributed by atoms with Gasteiger partial charge in [-0.1, -0.05) is 18.2 Å². The van der Waals surface area contributed by atoms with Gasteiger partial charge in [-0.25, -0.2) is 0 Å². The zero-order valence-electron chi connectivity index (χ0n) is 11.9. The molecule has 1 aromatic carbocycles. The highest BCUT2D eigenvalue weighted by atomic mass is 19.4. The normalized spacial score (nSPS) is 24.9. The number of halogens is 3. The molecule has 1 heterocycles. The standard InChI is InChI=1S/C15H21F3N2/c1-11-9-13(19-2)7-8-20(11)10-12-5-3-4-6-14(12)15(16,17)18/h3-6,11,13,19H,7-10H2,1-2H3. The molecule has 0 saturated carbocycles. The molecular weight excluding hydrogens is 265 g/mol. The van der Waals surface area contributed by atoms with E-state index in [2.05, 4.69) is 17.1 Å². The van der Waals surface area contributed by atoms with Crippen LogP contribution >= 0.6 is 0 Å². The molecule has 2 nitrogen and oxygen atoms in total. The Morgan fingerprint density at radius 2 is 2.00 bits per heavy atom. The lowest BCUT2D eigenvalue weighted by molar-refractivity contribution is -0.138. The third-order valence-corrected chi connectivity index (χ3v) is 4.12. The van der Waals surface area contributed by atoms with Crippen LogP contribution in [0.5, 0.6) is 0 Å². The van der Waals surface area contributed by atoms with Crippen molar-refractivity contribution in [3.8, 4) is 0 Å². The molecule has 2 unspecified atom stereocenters. The summed E-state index contributed by atoms with van der Waals surface area (Å²) in [5.41, 5.74) is -0.141. The second-order valence-corrected chi connectivity index (χ2v) is 5.48. The molecule has 0 aliphatic carbocycles. The molecule has 1 saturated heterocycles. The van der Waals surface area contributed by atoms with Crippen LogP contribution in [0.1, 0.15) is 30.9 Å². The zero-order valence-corrected chi connectivity index (χ0v) is 11.9.